The van der Waals surface area contributed by atoms with Gasteiger partial charge in [-0.3, -0.25) is 9.59 Å². The lowest BCUT2D eigenvalue weighted by Gasteiger charge is -2.39. The monoisotopic (exact) mass is 359 g/mol. The molecule has 142 valence electrons. The van der Waals surface area contributed by atoms with Crippen molar-refractivity contribution in [3.8, 4) is 5.75 Å². The third-order valence-corrected chi connectivity index (χ3v) is 5.63. The molecule has 2 amide bonds. The van der Waals surface area contributed by atoms with Gasteiger partial charge >= 0.3 is 0 Å². The average molecular weight is 359 g/mol. The van der Waals surface area contributed by atoms with E-state index in [0.29, 0.717) is 17.6 Å². The van der Waals surface area contributed by atoms with Crippen molar-refractivity contribution < 1.29 is 14.3 Å². The number of piperidine rings is 1. The lowest BCUT2D eigenvalue weighted by Crippen LogP contribution is -2.45. The van der Waals surface area contributed by atoms with Crippen molar-refractivity contribution in [2.75, 3.05) is 45.2 Å². The fourth-order valence-electron chi connectivity index (χ4n) is 3.92. The Hall–Kier alpha value is -2.08. The number of nitrogens with zero attached hydrogens (tertiary/aromatic N) is 2. The van der Waals surface area contributed by atoms with Crippen LogP contribution in [0.3, 0.4) is 0 Å². The van der Waals surface area contributed by atoms with Crippen molar-refractivity contribution in [1.82, 2.24) is 9.80 Å². The smallest absolute Gasteiger partial charge is 0.260 e. The second-order valence-electron chi connectivity index (χ2n) is 7.58. The number of ether oxygens (including phenoxy) is 1. The number of carbonyl (C=O) groups is 2. The van der Waals surface area contributed by atoms with E-state index < -0.39 is 0 Å². The van der Waals surface area contributed by atoms with E-state index in [2.05, 4.69) is 17.3 Å². The van der Waals surface area contributed by atoms with E-state index in [4.69, 9.17) is 4.74 Å². The van der Waals surface area contributed by atoms with Gasteiger partial charge in [0, 0.05) is 31.7 Å². The number of likely N-dealkylation sites (tertiary alicyclic amines) is 2. The Labute approximate surface area is 155 Å². The molecular weight excluding hydrogens is 330 g/mol. The molecule has 26 heavy (non-hydrogen) atoms. The van der Waals surface area contributed by atoms with Crippen molar-refractivity contribution in [2.45, 2.75) is 32.6 Å². The molecule has 0 atom stereocenters. The van der Waals surface area contributed by atoms with E-state index in [-0.39, 0.29) is 18.4 Å². The van der Waals surface area contributed by atoms with E-state index >= 15 is 0 Å². The minimum atomic E-state index is -0.0230. The minimum absolute atomic E-state index is 0.0230. The zero-order chi connectivity index (χ0) is 18.6. The fourth-order valence-corrected chi connectivity index (χ4v) is 3.92. The fraction of sp³-hybridized carbons (Fsp3) is 0.600. The number of carbonyl (C=O) groups excluding carboxylic acids is 2. The standard InChI is InChI=1S/C20H29N3O3/c1-3-18(24)21-16-4-6-17(7-5-16)26-14-19(25)23-12-9-20(10-13-23)8-11-22(2)15-20/h4-7H,3,8-15H2,1-2H3,(H,21,24). The lowest BCUT2D eigenvalue weighted by molar-refractivity contribution is -0.135. The molecule has 2 heterocycles. The average Bonchev–Trinajstić information content (AvgIpc) is 3.01. The van der Waals surface area contributed by atoms with Gasteiger partial charge in [-0.25, -0.2) is 0 Å². The Balaban J connectivity index is 1.43. The van der Waals surface area contributed by atoms with Crippen LogP contribution in [0.4, 0.5) is 5.69 Å². The predicted molar refractivity (Wildman–Crippen MR) is 101 cm³/mol. The van der Waals surface area contributed by atoms with Gasteiger partial charge in [-0.15, -0.1) is 0 Å². The van der Waals surface area contributed by atoms with E-state index in [0.717, 1.165) is 38.2 Å². The van der Waals surface area contributed by atoms with E-state index in [1.165, 1.54) is 13.0 Å². The van der Waals surface area contributed by atoms with Crippen molar-refractivity contribution >= 4 is 17.5 Å². The number of amides is 2. The van der Waals surface area contributed by atoms with E-state index in [9.17, 15) is 9.59 Å². The largest absolute Gasteiger partial charge is 0.484 e. The number of anilines is 1. The van der Waals surface area contributed by atoms with Crippen LogP contribution in [0.5, 0.6) is 5.75 Å². The first-order valence-electron chi connectivity index (χ1n) is 9.49. The maximum atomic E-state index is 12.4. The Morgan fingerprint density at radius 1 is 1.12 bits per heavy atom. The van der Waals surface area contributed by atoms with Crippen LogP contribution in [0.15, 0.2) is 24.3 Å². The molecule has 3 rings (SSSR count). The van der Waals surface area contributed by atoms with Crippen LogP contribution >= 0.6 is 0 Å². The number of hydrogen-bond donors (Lipinski definition) is 1. The van der Waals surface area contributed by atoms with Gasteiger partial charge < -0.3 is 19.9 Å². The highest BCUT2D eigenvalue weighted by Crippen LogP contribution is 2.39. The summed E-state index contributed by atoms with van der Waals surface area (Å²) in [5, 5.41) is 2.79. The summed E-state index contributed by atoms with van der Waals surface area (Å²) in [4.78, 5) is 28.1. The molecule has 2 aliphatic heterocycles. The molecule has 1 aromatic carbocycles. The van der Waals surface area contributed by atoms with Gasteiger partial charge in [-0.1, -0.05) is 6.92 Å². The van der Waals surface area contributed by atoms with E-state index in [1.54, 1.807) is 24.3 Å². The first kappa shape index (κ1) is 18.7. The van der Waals surface area contributed by atoms with Gasteiger partial charge in [0.2, 0.25) is 5.91 Å². The van der Waals surface area contributed by atoms with Crippen molar-refractivity contribution in [3.63, 3.8) is 0 Å². The summed E-state index contributed by atoms with van der Waals surface area (Å²) >= 11 is 0. The van der Waals surface area contributed by atoms with Gasteiger partial charge in [0.1, 0.15) is 5.75 Å². The molecule has 1 aromatic rings. The highest BCUT2D eigenvalue weighted by Gasteiger charge is 2.40. The number of nitrogens with one attached hydrogen (secondary N) is 1. The molecule has 0 saturated carbocycles. The van der Waals surface area contributed by atoms with E-state index in [1.807, 2.05) is 11.8 Å². The summed E-state index contributed by atoms with van der Waals surface area (Å²) in [6.07, 6.45) is 3.88. The number of hydrogen-bond acceptors (Lipinski definition) is 4. The van der Waals surface area contributed by atoms with Gasteiger partial charge in [0.05, 0.1) is 0 Å². The molecule has 1 N–H and O–H groups in total. The summed E-state index contributed by atoms with van der Waals surface area (Å²) < 4.78 is 5.63. The summed E-state index contributed by atoms with van der Waals surface area (Å²) in [6.45, 7) is 5.87. The minimum Gasteiger partial charge on any atom is -0.484 e. The number of benzene rings is 1. The topological polar surface area (TPSA) is 61.9 Å². The summed E-state index contributed by atoms with van der Waals surface area (Å²) in [5.74, 6) is 0.665. The highest BCUT2D eigenvalue weighted by molar-refractivity contribution is 5.90. The zero-order valence-electron chi connectivity index (χ0n) is 15.8. The molecule has 2 saturated heterocycles. The molecule has 6 nitrogen and oxygen atoms in total. The van der Waals surface area contributed by atoms with Crippen LogP contribution in [-0.2, 0) is 9.59 Å². The second-order valence-corrected chi connectivity index (χ2v) is 7.58. The molecule has 0 bridgehead atoms. The molecule has 2 aliphatic rings. The van der Waals surface area contributed by atoms with Gasteiger partial charge in [0.25, 0.3) is 5.91 Å². The van der Waals surface area contributed by atoms with Crippen LogP contribution in [0.2, 0.25) is 0 Å². The second kappa shape index (κ2) is 8.08. The first-order chi connectivity index (χ1) is 12.5. The first-order valence-corrected chi connectivity index (χ1v) is 9.49. The molecule has 0 aliphatic carbocycles. The summed E-state index contributed by atoms with van der Waals surface area (Å²) in [5.41, 5.74) is 1.16. The van der Waals surface area contributed by atoms with Gasteiger partial charge in [-0.2, -0.15) is 0 Å². The molecular formula is C20H29N3O3. The molecule has 0 unspecified atom stereocenters. The lowest BCUT2D eigenvalue weighted by atomic mass is 9.78. The SMILES string of the molecule is CCC(=O)Nc1ccc(OCC(=O)N2CCC3(CCN(C)C3)CC2)cc1. The Kier molecular flexibility index (Phi) is 5.81. The predicted octanol–water partition coefficient (Wildman–Crippen LogP) is 2.36. The Morgan fingerprint density at radius 2 is 1.77 bits per heavy atom. The maximum absolute atomic E-state index is 12.4. The highest BCUT2D eigenvalue weighted by atomic mass is 16.5. The molecule has 0 radical (unpaired) electrons. The molecule has 1 spiro atoms. The number of rotatable bonds is 5. The van der Waals surface area contributed by atoms with Crippen LogP contribution in [-0.4, -0.2) is 61.4 Å². The Morgan fingerprint density at radius 3 is 2.35 bits per heavy atom. The van der Waals surface area contributed by atoms with Gasteiger partial charge in [0.15, 0.2) is 6.61 Å². The summed E-state index contributed by atoms with van der Waals surface area (Å²) in [7, 11) is 2.18. The molecule has 2 fully saturated rings. The van der Waals surface area contributed by atoms with Gasteiger partial charge in [-0.05, 0) is 62.5 Å². The van der Waals surface area contributed by atoms with Crippen LogP contribution in [0.1, 0.15) is 32.6 Å². The van der Waals surface area contributed by atoms with Crippen LogP contribution in [0, 0.1) is 5.41 Å². The maximum Gasteiger partial charge on any atom is 0.260 e. The Bertz CT molecular complexity index is 636. The normalized spacial score (nSPS) is 19.5. The van der Waals surface area contributed by atoms with Crippen molar-refractivity contribution in [2.24, 2.45) is 5.41 Å². The van der Waals surface area contributed by atoms with Crippen LogP contribution < -0.4 is 10.1 Å². The van der Waals surface area contributed by atoms with Crippen molar-refractivity contribution in [1.29, 1.82) is 0 Å². The third kappa shape index (κ3) is 4.55. The van der Waals surface area contributed by atoms with Crippen LogP contribution in [0.25, 0.3) is 0 Å². The zero-order valence-corrected chi connectivity index (χ0v) is 15.8. The quantitative estimate of drug-likeness (QED) is 0.877. The molecule has 0 aromatic heterocycles. The summed E-state index contributed by atoms with van der Waals surface area (Å²) in [6, 6.07) is 7.12. The third-order valence-electron chi connectivity index (χ3n) is 5.63. The molecule has 6 heteroatoms. The van der Waals surface area contributed by atoms with Crippen molar-refractivity contribution in [3.05, 3.63) is 24.3 Å².